The Morgan fingerprint density at radius 2 is 2.15 bits per heavy atom. The van der Waals surface area contributed by atoms with E-state index >= 15 is 0 Å². The average molecular weight is 179 g/mol. The van der Waals surface area contributed by atoms with Gasteiger partial charge >= 0.3 is 0 Å². The fourth-order valence-corrected chi connectivity index (χ4v) is 1.08. The van der Waals surface area contributed by atoms with Crippen LogP contribution in [-0.4, -0.2) is 13.3 Å². The summed E-state index contributed by atoms with van der Waals surface area (Å²) in [7, 11) is 1.68. The molecule has 0 bridgehead atoms. The number of anilines is 1. The molecule has 13 heavy (non-hydrogen) atoms. The van der Waals surface area contributed by atoms with Crippen molar-refractivity contribution in [1.82, 2.24) is 0 Å². The second kappa shape index (κ2) is 3.85. The Labute approximate surface area is 76.1 Å². The van der Waals surface area contributed by atoms with Crippen molar-refractivity contribution in [2.45, 2.75) is 0 Å². The molecule has 0 aliphatic rings. The zero-order valence-corrected chi connectivity index (χ0v) is 7.30. The number of aldehydes is 1. The van der Waals surface area contributed by atoms with Gasteiger partial charge in [0.05, 0.1) is 5.56 Å². The van der Waals surface area contributed by atoms with Crippen molar-refractivity contribution >= 4 is 18.0 Å². The monoisotopic (exact) mass is 179 g/mol. The molecule has 0 fully saturated rings. The highest BCUT2D eigenvalue weighted by Gasteiger charge is 2.05. The van der Waals surface area contributed by atoms with Crippen LogP contribution < -0.4 is 5.32 Å². The molecule has 1 aromatic rings. The third-order valence-electron chi connectivity index (χ3n) is 1.79. The SMILES string of the molecule is C=Cc1cc(C=O)c(F)cc1NC. The number of carbonyl (C=O) groups is 1. The van der Waals surface area contributed by atoms with Crippen LogP contribution in [0.15, 0.2) is 18.7 Å². The predicted octanol–water partition coefficient (Wildman–Crippen LogP) is 2.32. The molecule has 0 spiro atoms. The van der Waals surface area contributed by atoms with E-state index in [4.69, 9.17) is 0 Å². The van der Waals surface area contributed by atoms with Crippen molar-refractivity contribution in [3.8, 4) is 0 Å². The van der Waals surface area contributed by atoms with Crippen molar-refractivity contribution in [3.05, 3.63) is 35.7 Å². The molecule has 0 radical (unpaired) electrons. The highest BCUT2D eigenvalue weighted by atomic mass is 19.1. The number of hydrogen-bond acceptors (Lipinski definition) is 2. The molecule has 1 aromatic carbocycles. The maximum Gasteiger partial charge on any atom is 0.153 e. The van der Waals surface area contributed by atoms with Gasteiger partial charge in [-0.25, -0.2) is 4.39 Å². The Morgan fingerprint density at radius 3 is 2.62 bits per heavy atom. The number of carbonyl (C=O) groups excluding carboxylic acids is 1. The fraction of sp³-hybridized carbons (Fsp3) is 0.100. The third kappa shape index (κ3) is 1.75. The highest BCUT2D eigenvalue weighted by molar-refractivity contribution is 5.80. The Bertz CT molecular complexity index is 347. The van der Waals surface area contributed by atoms with Crippen LogP contribution in [0.1, 0.15) is 15.9 Å². The average Bonchev–Trinajstić information content (AvgIpc) is 2.17. The summed E-state index contributed by atoms with van der Waals surface area (Å²) < 4.78 is 13.0. The first kappa shape index (κ1) is 9.45. The number of halogens is 1. The molecule has 1 N–H and O–H groups in total. The summed E-state index contributed by atoms with van der Waals surface area (Å²) in [5.74, 6) is -0.523. The number of rotatable bonds is 3. The molecule has 1 rings (SSSR count). The van der Waals surface area contributed by atoms with E-state index in [1.807, 2.05) is 0 Å². The first-order valence-electron chi connectivity index (χ1n) is 3.81. The molecule has 0 aliphatic carbocycles. The van der Waals surface area contributed by atoms with Gasteiger partial charge in [0.2, 0.25) is 0 Å². The normalized spacial score (nSPS) is 9.38. The van der Waals surface area contributed by atoms with Gasteiger partial charge in [-0.15, -0.1) is 0 Å². The van der Waals surface area contributed by atoms with Crippen LogP contribution in [0.25, 0.3) is 6.08 Å². The number of benzene rings is 1. The molecular formula is C10H10FNO. The minimum Gasteiger partial charge on any atom is -0.388 e. The topological polar surface area (TPSA) is 29.1 Å². The molecule has 0 saturated carbocycles. The molecule has 0 unspecified atom stereocenters. The molecule has 0 amide bonds. The molecule has 0 heterocycles. The third-order valence-corrected chi connectivity index (χ3v) is 1.79. The van der Waals surface area contributed by atoms with Crippen molar-refractivity contribution in [1.29, 1.82) is 0 Å². The molecule has 0 saturated heterocycles. The first-order chi connectivity index (χ1) is 6.22. The standard InChI is InChI=1S/C10H10FNO/c1-3-7-4-8(6-13)9(11)5-10(7)12-2/h3-6,12H,1H2,2H3. The quantitative estimate of drug-likeness (QED) is 0.721. The smallest absolute Gasteiger partial charge is 0.153 e. The maximum atomic E-state index is 13.0. The van der Waals surface area contributed by atoms with Gasteiger partial charge in [0.15, 0.2) is 6.29 Å². The molecule has 3 heteroatoms. The van der Waals surface area contributed by atoms with Gasteiger partial charge in [-0.05, 0) is 17.7 Å². The maximum absolute atomic E-state index is 13.0. The summed E-state index contributed by atoms with van der Waals surface area (Å²) in [6.45, 7) is 3.57. The largest absolute Gasteiger partial charge is 0.388 e. The van der Waals surface area contributed by atoms with E-state index in [0.29, 0.717) is 17.5 Å². The van der Waals surface area contributed by atoms with Gasteiger partial charge in [0, 0.05) is 12.7 Å². The van der Waals surface area contributed by atoms with E-state index in [0.717, 1.165) is 0 Å². The van der Waals surface area contributed by atoms with Crippen LogP contribution in [0.5, 0.6) is 0 Å². The summed E-state index contributed by atoms with van der Waals surface area (Å²) in [6.07, 6.45) is 2.06. The van der Waals surface area contributed by atoms with Crippen LogP contribution in [-0.2, 0) is 0 Å². The Morgan fingerprint density at radius 1 is 1.46 bits per heavy atom. The lowest BCUT2D eigenvalue weighted by Gasteiger charge is -2.06. The van der Waals surface area contributed by atoms with Gasteiger partial charge < -0.3 is 5.32 Å². The van der Waals surface area contributed by atoms with E-state index in [2.05, 4.69) is 11.9 Å². The molecule has 0 aromatic heterocycles. The van der Waals surface area contributed by atoms with Crippen molar-refractivity contribution < 1.29 is 9.18 Å². The van der Waals surface area contributed by atoms with E-state index in [1.165, 1.54) is 12.1 Å². The van der Waals surface area contributed by atoms with Crippen LogP contribution in [0, 0.1) is 5.82 Å². The zero-order valence-electron chi connectivity index (χ0n) is 7.30. The first-order valence-corrected chi connectivity index (χ1v) is 3.81. The van der Waals surface area contributed by atoms with Crippen molar-refractivity contribution in [2.75, 3.05) is 12.4 Å². The van der Waals surface area contributed by atoms with Gasteiger partial charge in [-0.1, -0.05) is 12.7 Å². The van der Waals surface area contributed by atoms with E-state index in [1.54, 1.807) is 13.1 Å². The summed E-state index contributed by atoms with van der Waals surface area (Å²) in [6, 6.07) is 2.74. The number of nitrogens with one attached hydrogen (secondary N) is 1. The van der Waals surface area contributed by atoms with Crippen LogP contribution in [0.2, 0.25) is 0 Å². The lowest BCUT2D eigenvalue weighted by atomic mass is 10.1. The van der Waals surface area contributed by atoms with Gasteiger partial charge in [-0.2, -0.15) is 0 Å². The lowest BCUT2D eigenvalue weighted by Crippen LogP contribution is -1.96. The Kier molecular flexibility index (Phi) is 2.80. The van der Waals surface area contributed by atoms with Gasteiger partial charge in [-0.3, -0.25) is 4.79 Å². The Balaban J connectivity index is 3.34. The summed E-state index contributed by atoms with van der Waals surface area (Å²) >= 11 is 0. The molecule has 2 nitrogen and oxygen atoms in total. The van der Waals surface area contributed by atoms with Crippen LogP contribution >= 0.6 is 0 Å². The van der Waals surface area contributed by atoms with E-state index < -0.39 is 5.82 Å². The highest BCUT2D eigenvalue weighted by Crippen LogP contribution is 2.20. The summed E-state index contributed by atoms with van der Waals surface area (Å²) in [5, 5.41) is 2.81. The number of hydrogen-bond donors (Lipinski definition) is 1. The minimum atomic E-state index is -0.523. The van der Waals surface area contributed by atoms with Crippen LogP contribution in [0.3, 0.4) is 0 Å². The Hall–Kier alpha value is -1.64. The van der Waals surface area contributed by atoms with Crippen molar-refractivity contribution in [3.63, 3.8) is 0 Å². The van der Waals surface area contributed by atoms with Gasteiger partial charge in [0.1, 0.15) is 5.82 Å². The summed E-state index contributed by atoms with van der Waals surface area (Å²) in [5.41, 5.74) is 1.39. The fourth-order valence-electron chi connectivity index (χ4n) is 1.08. The summed E-state index contributed by atoms with van der Waals surface area (Å²) in [4.78, 5) is 10.4. The zero-order chi connectivity index (χ0) is 9.84. The minimum absolute atomic E-state index is 0.0499. The molecular weight excluding hydrogens is 169 g/mol. The van der Waals surface area contributed by atoms with E-state index in [9.17, 15) is 9.18 Å². The molecule has 0 atom stereocenters. The van der Waals surface area contributed by atoms with Crippen molar-refractivity contribution in [2.24, 2.45) is 0 Å². The molecule has 68 valence electrons. The second-order valence-corrected chi connectivity index (χ2v) is 2.53. The predicted molar refractivity (Wildman–Crippen MR) is 51.4 cm³/mol. The molecule has 0 aliphatic heterocycles. The van der Waals surface area contributed by atoms with Crippen LogP contribution in [0.4, 0.5) is 10.1 Å². The second-order valence-electron chi connectivity index (χ2n) is 2.53. The van der Waals surface area contributed by atoms with E-state index in [-0.39, 0.29) is 5.56 Å². The lowest BCUT2D eigenvalue weighted by molar-refractivity contribution is 0.112. The van der Waals surface area contributed by atoms with Gasteiger partial charge in [0.25, 0.3) is 0 Å².